The Bertz CT molecular complexity index is 953. The number of para-hydroxylation sites is 2. The molecule has 3 nitrogen and oxygen atoms in total. The highest BCUT2D eigenvalue weighted by Gasteiger charge is 2.16. The Morgan fingerprint density at radius 1 is 0.963 bits per heavy atom. The lowest BCUT2D eigenvalue weighted by atomic mass is 10.0. The molecule has 0 spiro atoms. The molecule has 3 aromatic rings. The number of nitrogens with zero attached hydrogens (tertiary/aromatic N) is 1. The zero-order valence-corrected chi connectivity index (χ0v) is 16.6. The van der Waals surface area contributed by atoms with E-state index in [4.69, 9.17) is 0 Å². The molecular formula is C23H21BrN2O. The summed E-state index contributed by atoms with van der Waals surface area (Å²) in [6, 6.07) is 24.2. The second-order valence-electron chi connectivity index (χ2n) is 6.78. The third kappa shape index (κ3) is 4.06. The zero-order chi connectivity index (χ0) is 18.6. The van der Waals surface area contributed by atoms with Crippen molar-refractivity contribution >= 4 is 33.2 Å². The summed E-state index contributed by atoms with van der Waals surface area (Å²) in [6.07, 6.45) is 2.34. The zero-order valence-electron chi connectivity index (χ0n) is 15.0. The Morgan fingerprint density at radius 2 is 1.70 bits per heavy atom. The van der Waals surface area contributed by atoms with Gasteiger partial charge >= 0.3 is 0 Å². The molecule has 0 fully saturated rings. The molecule has 0 saturated carbocycles. The van der Waals surface area contributed by atoms with Crippen LogP contribution in [0.15, 0.2) is 77.3 Å². The fourth-order valence-corrected chi connectivity index (χ4v) is 3.90. The first-order valence-electron chi connectivity index (χ1n) is 9.18. The van der Waals surface area contributed by atoms with Crippen LogP contribution >= 0.6 is 15.9 Å². The third-order valence-corrected chi connectivity index (χ3v) is 5.61. The Hall–Kier alpha value is -2.59. The van der Waals surface area contributed by atoms with Crippen LogP contribution < -0.4 is 10.2 Å². The number of anilines is 2. The molecule has 0 bridgehead atoms. The van der Waals surface area contributed by atoms with Gasteiger partial charge in [-0.3, -0.25) is 4.79 Å². The maximum Gasteiger partial charge on any atom is 0.255 e. The van der Waals surface area contributed by atoms with Gasteiger partial charge < -0.3 is 10.2 Å². The maximum absolute atomic E-state index is 12.5. The van der Waals surface area contributed by atoms with Crippen molar-refractivity contribution in [1.29, 1.82) is 0 Å². The number of halogens is 1. The minimum atomic E-state index is -0.100. The lowest BCUT2D eigenvalue weighted by Gasteiger charge is -2.31. The molecule has 0 aliphatic carbocycles. The quantitative estimate of drug-likeness (QED) is 0.590. The van der Waals surface area contributed by atoms with Crippen LogP contribution in [0.2, 0.25) is 0 Å². The molecular weight excluding hydrogens is 400 g/mol. The highest BCUT2D eigenvalue weighted by Crippen LogP contribution is 2.28. The van der Waals surface area contributed by atoms with Gasteiger partial charge in [0.1, 0.15) is 0 Å². The SMILES string of the molecule is O=C(Nc1ccccc1Br)c1ccc(CN2CCCc3ccccc32)cc1. The number of hydrogen-bond donors (Lipinski definition) is 1. The van der Waals surface area contributed by atoms with E-state index in [9.17, 15) is 4.79 Å². The second-order valence-corrected chi connectivity index (χ2v) is 7.64. The summed E-state index contributed by atoms with van der Waals surface area (Å²) in [6.45, 7) is 1.93. The van der Waals surface area contributed by atoms with E-state index < -0.39 is 0 Å². The molecule has 1 amide bonds. The van der Waals surface area contributed by atoms with Gasteiger partial charge in [0.25, 0.3) is 5.91 Å². The molecule has 4 rings (SSSR count). The fourth-order valence-electron chi connectivity index (χ4n) is 3.51. The van der Waals surface area contributed by atoms with Gasteiger partial charge in [-0.05, 0) is 70.2 Å². The Morgan fingerprint density at radius 3 is 2.52 bits per heavy atom. The van der Waals surface area contributed by atoms with Crippen LogP contribution in [0, 0.1) is 0 Å². The molecule has 0 aromatic heterocycles. The van der Waals surface area contributed by atoms with E-state index in [1.807, 2.05) is 48.5 Å². The summed E-state index contributed by atoms with van der Waals surface area (Å²) < 4.78 is 0.874. The standard InChI is InChI=1S/C23H21BrN2O/c24-20-8-2-3-9-21(20)25-23(27)19-13-11-17(12-14-19)16-26-15-5-7-18-6-1-4-10-22(18)26/h1-4,6,8-14H,5,7,15-16H2,(H,25,27). The predicted octanol–water partition coefficient (Wildman–Crippen LogP) is 5.65. The second kappa shape index (κ2) is 7.97. The van der Waals surface area contributed by atoms with Crippen LogP contribution in [0.4, 0.5) is 11.4 Å². The van der Waals surface area contributed by atoms with E-state index in [0.29, 0.717) is 5.56 Å². The van der Waals surface area contributed by atoms with Crippen LogP contribution in [0.1, 0.15) is 27.9 Å². The van der Waals surface area contributed by atoms with Gasteiger partial charge in [0.05, 0.1) is 5.69 Å². The number of rotatable bonds is 4. The van der Waals surface area contributed by atoms with Gasteiger partial charge in [-0.15, -0.1) is 0 Å². The van der Waals surface area contributed by atoms with Crippen molar-refractivity contribution in [3.63, 3.8) is 0 Å². The monoisotopic (exact) mass is 420 g/mol. The molecule has 1 N–H and O–H groups in total. The third-order valence-electron chi connectivity index (χ3n) is 4.92. The minimum absolute atomic E-state index is 0.100. The highest BCUT2D eigenvalue weighted by atomic mass is 79.9. The molecule has 27 heavy (non-hydrogen) atoms. The number of benzene rings is 3. The topological polar surface area (TPSA) is 32.3 Å². The van der Waals surface area contributed by atoms with Crippen molar-refractivity contribution in [2.45, 2.75) is 19.4 Å². The predicted molar refractivity (Wildman–Crippen MR) is 114 cm³/mol. The van der Waals surface area contributed by atoms with Crippen molar-refractivity contribution in [3.05, 3.63) is 94.0 Å². The summed E-state index contributed by atoms with van der Waals surface area (Å²) in [7, 11) is 0. The number of carbonyl (C=O) groups is 1. The Kier molecular flexibility index (Phi) is 5.26. The normalized spacial score (nSPS) is 13.1. The molecule has 0 saturated heterocycles. The number of fused-ring (bicyclic) bond motifs is 1. The number of hydrogen-bond acceptors (Lipinski definition) is 2. The molecule has 0 atom stereocenters. The molecule has 3 aromatic carbocycles. The molecule has 136 valence electrons. The first-order chi connectivity index (χ1) is 13.2. The van der Waals surface area contributed by atoms with Crippen LogP contribution in [0.3, 0.4) is 0 Å². The first kappa shape index (κ1) is 17.8. The van der Waals surface area contributed by atoms with Gasteiger partial charge in [0.2, 0.25) is 0 Å². The summed E-state index contributed by atoms with van der Waals surface area (Å²) in [5.41, 5.74) is 5.40. The fraction of sp³-hybridized carbons (Fsp3) is 0.174. The van der Waals surface area contributed by atoms with E-state index in [0.717, 1.165) is 29.7 Å². The van der Waals surface area contributed by atoms with Gasteiger partial charge in [0.15, 0.2) is 0 Å². The Balaban J connectivity index is 1.45. The molecule has 1 heterocycles. The van der Waals surface area contributed by atoms with Gasteiger partial charge in [-0.2, -0.15) is 0 Å². The van der Waals surface area contributed by atoms with Crippen molar-refractivity contribution in [2.75, 3.05) is 16.8 Å². The van der Waals surface area contributed by atoms with E-state index in [1.54, 1.807) is 0 Å². The van der Waals surface area contributed by atoms with Crippen molar-refractivity contribution < 1.29 is 4.79 Å². The molecule has 0 radical (unpaired) electrons. The van der Waals surface area contributed by atoms with Crippen LogP contribution in [-0.4, -0.2) is 12.5 Å². The van der Waals surface area contributed by atoms with Gasteiger partial charge in [-0.25, -0.2) is 0 Å². The highest BCUT2D eigenvalue weighted by molar-refractivity contribution is 9.10. The summed E-state index contributed by atoms with van der Waals surface area (Å²) in [5, 5.41) is 2.94. The summed E-state index contributed by atoms with van der Waals surface area (Å²) in [4.78, 5) is 14.9. The maximum atomic E-state index is 12.5. The van der Waals surface area contributed by atoms with Crippen molar-refractivity contribution in [1.82, 2.24) is 0 Å². The van der Waals surface area contributed by atoms with Gasteiger partial charge in [-0.1, -0.05) is 42.5 Å². The summed E-state index contributed by atoms with van der Waals surface area (Å²) in [5.74, 6) is -0.100. The average molecular weight is 421 g/mol. The number of carbonyl (C=O) groups excluding carboxylic acids is 1. The van der Waals surface area contributed by atoms with Crippen LogP contribution in [-0.2, 0) is 13.0 Å². The molecule has 1 aliphatic heterocycles. The largest absolute Gasteiger partial charge is 0.367 e. The molecule has 4 heteroatoms. The first-order valence-corrected chi connectivity index (χ1v) is 9.98. The van der Waals surface area contributed by atoms with Crippen LogP contribution in [0.5, 0.6) is 0 Å². The van der Waals surface area contributed by atoms with Gasteiger partial charge in [0, 0.05) is 28.8 Å². The lowest BCUT2D eigenvalue weighted by molar-refractivity contribution is 0.102. The van der Waals surface area contributed by atoms with E-state index in [-0.39, 0.29) is 5.91 Å². The Labute approximate surface area is 168 Å². The van der Waals surface area contributed by atoms with E-state index in [1.165, 1.54) is 23.2 Å². The average Bonchev–Trinajstić information content (AvgIpc) is 2.70. The lowest BCUT2D eigenvalue weighted by Crippen LogP contribution is -2.28. The number of amides is 1. The van der Waals surface area contributed by atoms with Crippen molar-refractivity contribution in [2.24, 2.45) is 0 Å². The van der Waals surface area contributed by atoms with Crippen LogP contribution in [0.25, 0.3) is 0 Å². The minimum Gasteiger partial charge on any atom is -0.367 e. The van der Waals surface area contributed by atoms with E-state index in [2.05, 4.69) is 50.4 Å². The number of nitrogens with one attached hydrogen (secondary N) is 1. The van der Waals surface area contributed by atoms with E-state index >= 15 is 0 Å². The van der Waals surface area contributed by atoms with Crippen molar-refractivity contribution in [3.8, 4) is 0 Å². The summed E-state index contributed by atoms with van der Waals surface area (Å²) >= 11 is 3.46. The molecule has 1 aliphatic rings. The molecule has 0 unspecified atom stereocenters. The number of aryl methyl sites for hydroxylation is 1. The smallest absolute Gasteiger partial charge is 0.255 e.